The van der Waals surface area contributed by atoms with Crippen molar-refractivity contribution in [1.29, 1.82) is 0 Å². The van der Waals surface area contributed by atoms with E-state index in [1.807, 2.05) is 97.9 Å². The lowest BCUT2D eigenvalue weighted by Gasteiger charge is -2.47. The number of thiocarbonyl (C=S) groups is 1. The predicted molar refractivity (Wildman–Crippen MR) is 192 cm³/mol. The van der Waals surface area contributed by atoms with E-state index in [-0.39, 0.29) is 55.3 Å². The van der Waals surface area contributed by atoms with Gasteiger partial charge in [-0.25, -0.2) is 8.42 Å². The number of benzene rings is 4. The van der Waals surface area contributed by atoms with Crippen LogP contribution < -0.4 is 0 Å². The SMILES string of the molecule is [2H]CC(=S)C(O)[C@H]1OC(OCCCS(=O)(=O)c2ccc(C)cc2)[C@H](OCc2ccccc2)[C@@H](OCc2ccccc2)[C@@H]1OCc1ccccc1. The monoisotopic (exact) mass is 705 g/mol. The highest BCUT2D eigenvalue weighted by atomic mass is 32.2. The van der Waals surface area contributed by atoms with Crippen molar-refractivity contribution in [2.75, 3.05) is 12.4 Å². The third-order valence-corrected chi connectivity index (χ3v) is 10.3. The lowest BCUT2D eigenvalue weighted by Crippen LogP contribution is -2.64. The fourth-order valence-electron chi connectivity index (χ4n) is 5.57. The molecule has 8 nitrogen and oxygen atoms in total. The van der Waals surface area contributed by atoms with E-state index in [9.17, 15) is 13.5 Å². The van der Waals surface area contributed by atoms with Gasteiger partial charge in [0.2, 0.25) is 0 Å². The fraction of sp³-hybridized carbons (Fsp3) is 0.359. The van der Waals surface area contributed by atoms with Crippen LogP contribution in [0.5, 0.6) is 0 Å². The van der Waals surface area contributed by atoms with Gasteiger partial charge in [0.1, 0.15) is 30.5 Å². The molecular formula is C39H44O8S2. The average Bonchev–Trinajstić information content (AvgIpc) is 3.15. The Morgan fingerprint density at radius 1 is 0.755 bits per heavy atom. The molecular weight excluding hydrogens is 661 g/mol. The maximum atomic E-state index is 13.1. The first-order valence-electron chi connectivity index (χ1n) is 17.0. The first-order valence-corrected chi connectivity index (χ1v) is 18.3. The van der Waals surface area contributed by atoms with Gasteiger partial charge in [0.15, 0.2) is 16.1 Å². The van der Waals surface area contributed by atoms with Crippen molar-refractivity contribution < 1.29 is 38.6 Å². The molecule has 4 aromatic carbocycles. The maximum absolute atomic E-state index is 13.1. The normalized spacial score (nSPS) is 21.9. The van der Waals surface area contributed by atoms with Gasteiger partial charge in [-0.3, -0.25) is 0 Å². The lowest BCUT2D eigenvalue weighted by molar-refractivity contribution is -0.330. The molecule has 0 bridgehead atoms. The summed E-state index contributed by atoms with van der Waals surface area (Å²) in [6.07, 6.45) is -5.91. The van der Waals surface area contributed by atoms with Crippen LogP contribution in [0.25, 0.3) is 0 Å². The van der Waals surface area contributed by atoms with E-state index in [2.05, 4.69) is 0 Å². The molecule has 0 amide bonds. The first kappa shape index (κ1) is 35.5. The summed E-state index contributed by atoms with van der Waals surface area (Å²) in [4.78, 5) is 0.331. The van der Waals surface area contributed by atoms with Crippen LogP contribution in [-0.2, 0) is 53.3 Å². The molecule has 260 valence electrons. The van der Waals surface area contributed by atoms with E-state index in [1.165, 1.54) is 0 Å². The Morgan fingerprint density at radius 3 is 1.76 bits per heavy atom. The molecule has 5 rings (SSSR count). The summed E-state index contributed by atoms with van der Waals surface area (Å²) < 4.78 is 66.4. The summed E-state index contributed by atoms with van der Waals surface area (Å²) >= 11 is 5.40. The molecule has 1 heterocycles. The van der Waals surface area contributed by atoms with Crippen molar-refractivity contribution in [3.8, 4) is 0 Å². The van der Waals surface area contributed by atoms with E-state index in [4.69, 9.17) is 37.3 Å². The molecule has 1 fully saturated rings. The highest BCUT2D eigenvalue weighted by Crippen LogP contribution is 2.33. The van der Waals surface area contributed by atoms with E-state index < -0.39 is 46.6 Å². The molecule has 10 heteroatoms. The molecule has 1 N–H and O–H groups in total. The van der Waals surface area contributed by atoms with Crippen molar-refractivity contribution in [2.24, 2.45) is 0 Å². The van der Waals surface area contributed by atoms with Crippen molar-refractivity contribution in [3.05, 3.63) is 138 Å². The Morgan fingerprint density at radius 2 is 1.24 bits per heavy atom. The Labute approximate surface area is 296 Å². The molecule has 0 radical (unpaired) electrons. The van der Waals surface area contributed by atoms with Gasteiger partial charge in [0.25, 0.3) is 0 Å². The van der Waals surface area contributed by atoms with Crippen LogP contribution >= 0.6 is 12.2 Å². The van der Waals surface area contributed by atoms with Crippen LogP contribution in [0.15, 0.2) is 120 Å². The Kier molecular flexibility index (Phi) is 13.1. The molecule has 1 aliphatic heterocycles. The number of rotatable bonds is 17. The molecule has 0 spiro atoms. The third kappa shape index (κ3) is 10.6. The number of ether oxygens (including phenoxy) is 5. The summed E-state index contributed by atoms with van der Waals surface area (Å²) in [5.41, 5.74) is 3.71. The number of aryl methyl sites for hydroxylation is 1. The highest BCUT2D eigenvalue weighted by molar-refractivity contribution is 7.91. The molecule has 6 atom stereocenters. The zero-order valence-electron chi connectivity index (χ0n) is 28.5. The second-order valence-corrected chi connectivity index (χ2v) is 14.7. The van der Waals surface area contributed by atoms with Crippen molar-refractivity contribution in [1.82, 2.24) is 0 Å². The summed E-state index contributed by atoms with van der Waals surface area (Å²) in [6.45, 7) is 2.21. The van der Waals surface area contributed by atoms with Crippen LogP contribution in [-0.4, -0.2) is 67.6 Å². The smallest absolute Gasteiger partial charge is 0.186 e. The molecule has 0 saturated carbocycles. The Bertz CT molecular complexity index is 1710. The third-order valence-electron chi connectivity index (χ3n) is 8.25. The van der Waals surface area contributed by atoms with Gasteiger partial charge in [-0.15, -0.1) is 0 Å². The van der Waals surface area contributed by atoms with Gasteiger partial charge in [-0.1, -0.05) is 121 Å². The van der Waals surface area contributed by atoms with Gasteiger partial charge < -0.3 is 28.8 Å². The van der Waals surface area contributed by atoms with Crippen molar-refractivity contribution in [2.45, 2.75) is 81.8 Å². The lowest BCUT2D eigenvalue weighted by atomic mass is 9.93. The molecule has 0 aromatic heterocycles. The number of hydrogen-bond acceptors (Lipinski definition) is 9. The van der Waals surface area contributed by atoms with E-state index in [0.717, 1.165) is 22.3 Å². The molecule has 4 aromatic rings. The van der Waals surface area contributed by atoms with Gasteiger partial charge >= 0.3 is 0 Å². The van der Waals surface area contributed by atoms with Gasteiger partial charge in [-0.05, 0) is 49.1 Å². The quantitative estimate of drug-likeness (QED) is 0.0988. The van der Waals surface area contributed by atoms with E-state index in [0.29, 0.717) is 0 Å². The molecule has 0 aliphatic carbocycles. The fourth-order valence-corrected chi connectivity index (χ4v) is 6.99. The first-order chi connectivity index (χ1) is 24.2. The van der Waals surface area contributed by atoms with Crippen molar-refractivity contribution >= 4 is 26.9 Å². The molecule has 1 aliphatic rings. The minimum Gasteiger partial charge on any atom is -0.385 e. The number of sulfone groups is 1. The molecule has 49 heavy (non-hydrogen) atoms. The summed E-state index contributed by atoms with van der Waals surface area (Å²) in [7, 11) is -3.55. The van der Waals surface area contributed by atoms with Gasteiger partial charge in [-0.2, -0.15) is 0 Å². The zero-order valence-corrected chi connectivity index (χ0v) is 29.1. The van der Waals surface area contributed by atoms with Crippen LogP contribution in [0.4, 0.5) is 0 Å². The number of hydrogen-bond donors (Lipinski definition) is 1. The van der Waals surface area contributed by atoms with Crippen LogP contribution in [0.3, 0.4) is 0 Å². The standard InChI is InChI=1S/C39H44O8S2/c1-28-19-21-33(22-20-28)49(41,42)24-12-23-43-39-38(46-27-32-17-10-5-11-18-32)37(45-26-31-15-8-4-9-16-31)36(35(47-39)34(40)29(2)48)44-25-30-13-6-3-7-14-30/h3-11,13-22,34-40H,12,23-27H2,1-2H3/t34?,35-,36-,37+,38-,39?/m1/s1/i2D. The minimum absolute atomic E-state index is 0.0214. The maximum Gasteiger partial charge on any atom is 0.186 e. The largest absolute Gasteiger partial charge is 0.385 e. The Balaban J connectivity index is 1.43. The minimum atomic E-state index is -3.55. The van der Waals surface area contributed by atoms with Crippen LogP contribution in [0.1, 0.15) is 36.9 Å². The van der Waals surface area contributed by atoms with Gasteiger partial charge in [0.05, 0.1) is 37.1 Å². The summed E-state index contributed by atoms with van der Waals surface area (Å²) in [5, 5.41) is 11.5. The average molecular weight is 706 g/mol. The highest BCUT2D eigenvalue weighted by Gasteiger charge is 2.51. The second kappa shape index (κ2) is 18.1. The molecule has 2 unspecified atom stereocenters. The van der Waals surface area contributed by atoms with Crippen LogP contribution in [0, 0.1) is 6.92 Å². The van der Waals surface area contributed by atoms with E-state index in [1.54, 1.807) is 24.3 Å². The van der Waals surface area contributed by atoms with Crippen LogP contribution in [0.2, 0.25) is 0 Å². The Hall–Kier alpha value is -3.32. The summed E-state index contributed by atoms with van der Waals surface area (Å²) in [5.74, 6) is -0.135. The summed E-state index contributed by atoms with van der Waals surface area (Å²) in [6, 6.07) is 35.7. The van der Waals surface area contributed by atoms with E-state index >= 15 is 0 Å². The zero-order chi connectivity index (χ0) is 35.3. The second-order valence-electron chi connectivity index (χ2n) is 12.0. The van der Waals surface area contributed by atoms with Gasteiger partial charge in [0, 0.05) is 6.24 Å². The molecule has 1 saturated heterocycles. The van der Waals surface area contributed by atoms with Crippen molar-refractivity contribution in [3.63, 3.8) is 0 Å². The number of aliphatic hydroxyl groups is 1. The predicted octanol–water partition coefficient (Wildman–Crippen LogP) is 6.41. The number of aliphatic hydroxyl groups excluding tert-OH is 1. The topological polar surface area (TPSA) is 101 Å².